The highest BCUT2D eigenvalue weighted by molar-refractivity contribution is 7.15. The second-order valence-electron chi connectivity index (χ2n) is 6.51. The molecule has 0 bridgehead atoms. The van der Waals surface area contributed by atoms with Gasteiger partial charge in [-0.3, -0.25) is 4.98 Å². The monoisotopic (exact) mass is 393 g/mol. The van der Waals surface area contributed by atoms with Crippen LogP contribution in [0.2, 0.25) is 0 Å². The molecular formula is C21H19N3O3S. The Morgan fingerprint density at radius 2 is 2.14 bits per heavy atom. The molecule has 0 aromatic carbocycles. The molecule has 28 heavy (non-hydrogen) atoms. The predicted molar refractivity (Wildman–Crippen MR) is 107 cm³/mol. The molecule has 0 N–H and O–H groups in total. The SMILES string of the molecule is Cc1ccc(-c2cc(C(=O)OCCCc3cccnc3)c3c(C)noc3n2)s1. The molecule has 142 valence electrons. The van der Waals surface area contributed by atoms with Crippen molar-refractivity contribution in [3.05, 3.63) is 64.4 Å². The lowest BCUT2D eigenvalue weighted by molar-refractivity contribution is 0.0503. The lowest BCUT2D eigenvalue weighted by atomic mass is 10.1. The van der Waals surface area contributed by atoms with E-state index < -0.39 is 0 Å². The Morgan fingerprint density at radius 1 is 1.25 bits per heavy atom. The van der Waals surface area contributed by atoms with Crippen molar-refractivity contribution in [1.29, 1.82) is 0 Å². The molecule has 7 heteroatoms. The summed E-state index contributed by atoms with van der Waals surface area (Å²) >= 11 is 1.61. The molecule has 6 nitrogen and oxygen atoms in total. The average molecular weight is 393 g/mol. The number of ether oxygens (including phenoxy) is 1. The Bertz CT molecular complexity index is 1120. The third kappa shape index (κ3) is 3.80. The largest absolute Gasteiger partial charge is 0.462 e. The van der Waals surface area contributed by atoms with E-state index in [-0.39, 0.29) is 5.97 Å². The standard InChI is InChI=1S/C21H19N3O3S/c1-13-7-8-18(28-13)17-11-16(19-14(2)24-27-20(19)23-17)21(25)26-10-4-6-15-5-3-9-22-12-15/h3,5,7-9,11-12H,4,6,10H2,1-2H3. The van der Waals surface area contributed by atoms with Crippen LogP contribution in [-0.2, 0) is 11.2 Å². The van der Waals surface area contributed by atoms with E-state index in [1.165, 1.54) is 4.88 Å². The van der Waals surface area contributed by atoms with E-state index >= 15 is 0 Å². The van der Waals surface area contributed by atoms with Gasteiger partial charge in [-0.05, 0) is 56.5 Å². The van der Waals surface area contributed by atoms with E-state index in [0.717, 1.165) is 23.3 Å². The molecule has 0 saturated heterocycles. The van der Waals surface area contributed by atoms with Crippen LogP contribution in [0.15, 0.2) is 47.2 Å². The van der Waals surface area contributed by atoms with E-state index in [1.54, 1.807) is 30.5 Å². The van der Waals surface area contributed by atoms with Crippen LogP contribution < -0.4 is 0 Å². The molecule has 4 aromatic heterocycles. The number of carbonyl (C=O) groups excluding carboxylic acids is 1. The number of aryl methyl sites for hydroxylation is 3. The first-order chi connectivity index (χ1) is 13.6. The van der Waals surface area contributed by atoms with Crippen molar-refractivity contribution in [3.63, 3.8) is 0 Å². The van der Waals surface area contributed by atoms with Gasteiger partial charge in [-0.15, -0.1) is 11.3 Å². The van der Waals surface area contributed by atoms with E-state index in [4.69, 9.17) is 9.26 Å². The van der Waals surface area contributed by atoms with Gasteiger partial charge >= 0.3 is 5.97 Å². The highest BCUT2D eigenvalue weighted by Crippen LogP contribution is 2.31. The van der Waals surface area contributed by atoms with E-state index in [0.29, 0.717) is 34.7 Å². The maximum atomic E-state index is 12.8. The Morgan fingerprint density at radius 3 is 2.89 bits per heavy atom. The van der Waals surface area contributed by atoms with Crippen molar-refractivity contribution in [3.8, 4) is 10.6 Å². The molecule has 4 heterocycles. The second kappa shape index (κ2) is 7.90. The van der Waals surface area contributed by atoms with Crippen molar-refractivity contribution in [2.24, 2.45) is 0 Å². The summed E-state index contributed by atoms with van der Waals surface area (Å²) in [4.78, 5) is 23.5. The normalized spacial score (nSPS) is 11.1. The zero-order chi connectivity index (χ0) is 19.5. The van der Waals surface area contributed by atoms with Crippen molar-refractivity contribution in [2.75, 3.05) is 6.61 Å². The van der Waals surface area contributed by atoms with Gasteiger partial charge in [0.25, 0.3) is 5.71 Å². The summed E-state index contributed by atoms with van der Waals surface area (Å²) in [6.07, 6.45) is 5.10. The molecule has 0 aliphatic rings. The highest BCUT2D eigenvalue weighted by Gasteiger charge is 2.20. The lowest BCUT2D eigenvalue weighted by Gasteiger charge is -2.07. The first-order valence-electron chi connectivity index (χ1n) is 9.01. The topological polar surface area (TPSA) is 78.1 Å². The van der Waals surface area contributed by atoms with Gasteiger partial charge in [0.1, 0.15) is 0 Å². The van der Waals surface area contributed by atoms with Crippen LogP contribution in [0.3, 0.4) is 0 Å². The van der Waals surface area contributed by atoms with Crippen LogP contribution in [0.4, 0.5) is 0 Å². The summed E-state index contributed by atoms with van der Waals surface area (Å²) in [5.41, 5.74) is 3.22. The van der Waals surface area contributed by atoms with E-state index in [9.17, 15) is 4.79 Å². The van der Waals surface area contributed by atoms with Gasteiger partial charge in [0.15, 0.2) is 0 Å². The first kappa shape index (κ1) is 18.3. The molecule has 0 unspecified atom stereocenters. The van der Waals surface area contributed by atoms with Gasteiger partial charge in [-0.25, -0.2) is 9.78 Å². The fourth-order valence-corrected chi connectivity index (χ4v) is 3.85. The zero-order valence-corrected chi connectivity index (χ0v) is 16.5. The summed E-state index contributed by atoms with van der Waals surface area (Å²) in [6, 6.07) is 9.68. The highest BCUT2D eigenvalue weighted by atomic mass is 32.1. The van der Waals surface area contributed by atoms with Gasteiger partial charge in [-0.1, -0.05) is 11.2 Å². The van der Waals surface area contributed by atoms with Gasteiger partial charge < -0.3 is 9.26 Å². The number of hydrogen-bond acceptors (Lipinski definition) is 7. The molecule has 4 rings (SSSR count). The van der Waals surface area contributed by atoms with Crippen LogP contribution in [-0.4, -0.2) is 27.7 Å². The molecule has 0 fully saturated rings. The Kier molecular flexibility index (Phi) is 5.16. The number of aromatic nitrogens is 3. The molecule has 0 aliphatic carbocycles. The van der Waals surface area contributed by atoms with Crippen molar-refractivity contribution < 1.29 is 14.1 Å². The van der Waals surface area contributed by atoms with Crippen LogP contribution in [0.5, 0.6) is 0 Å². The minimum absolute atomic E-state index is 0.329. The summed E-state index contributed by atoms with van der Waals surface area (Å²) in [5.74, 6) is -0.389. The summed E-state index contributed by atoms with van der Waals surface area (Å²) in [6.45, 7) is 4.15. The molecule has 0 saturated carbocycles. The maximum absolute atomic E-state index is 12.8. The minimum Gasteiger partial charge on any atom is -0.462 e. The number of carbonyl (C=O) groups is 1. The first-order valence-corrected chi connectivity index (χ1v) is 9.83. The number of fused-ring (bicyclic) bond motifs is 1. The smallest absolute Gasteiger partial charge is 0.339 e. The lowest BCUT2D eigenvalue weighted by Crippen LogP contribution is -2.08. The van der Waals surface area contributed by atoms with Crippen LogP contribution >= 0.6 is 11.3 Å². The van der Waals surface area contributed by atoms with Crippen LogP contribution in [0, 0.1) is 13.8 Å². The third-order valence-corrected chi connectivity index (χ3v) is 5.42. The van der Waals surface area contributed by atoms with Crippen LogP contribution in [0.1, 0.15) is 32.9 Å². The number of esters is 1. The van der Waals surface area contributed by atoms with Crippen molar-refractivity contribution in [1.82, 2.24) is 15.1 Å². The van der Waals surface area contributed by atoms with Gasteiger partial charge in [-0.2, -0.15) is 0 Å². The summed E-state index contributed by atoms with van der Waals surface area (Å²) in [7, 11) is 0. The predicted octanol–water partition coefficient (Wildman–Crippen LogP) is 4.75. The Labute approximate surface area is 166 Å². The number of pyridine rings is 2. The Balaban J connectivity index is 1.54. The average Bonchev–Trinajstić information content (AvgIpc) is 3.31. The molecule has 0 aliphatic heterocycles. The molecular weight excluding hydrogens is 374 g/mol. The summed E-state index contributed by atoms with van der Waals surface area (Å²) < 4.78 is 10.8. The second-order valence-corrected chi connectivity index (χ2v) is 7.80. The maximum Gasteiger partial charge on any atom is 0.339 e. The zero-order valence-electron chi connectivity index (χ0n) is 15.6. The number of rotatable bonds is 6. The van der Waals surface area contributed by atoms with Crippen LogP contribution in [0.25, 0.3) is 21.7 Å². The van der Waals surface area contributed by atoms with Gasteiger partial charge in [0.05, 0.1) is 33.8 Å². The number of nitrogens with zero attached hydrogens (tertiary/aromatic N) is 3. The van der Waals surface area contributed by atoms with Gasteiger partial charge in [0, 0.05) is 17.3 Å². The van der Waals surface area contributed by atoms with Crippen molar-refractivity contribution in [2.45, 2.75) is 26.7 Å². The molecule has 4 aromatic rings. The quantitative estimate of drug-likeness (QED) is 0.347. The van der Waals surface area contributed by atoms with Crippen molar-refractivity contribution >= 4 is 28.4 Å². The Hall–Kier alpha value is -3.06. The third-order valence-electron chi connectivity index (χ3n) is 4.40. The molecule has 0 atom stereocenters. The fraction of sp³-hybridized carbons (Fsp3) is 0.238. The number of hydrogen-bond donors (Lipinski definition) is 0. The van der Waals surface area contributed by atoms with Gasteiger partial charge in [0.2, 0.25) is 0 Å². The molecule has 0 spiro atoms. The van der Waals surface area contributed by atoms with E-state index in [1.807, 2.05) is 37.4 Å². The molecule has 0 radical (unpaired) electrons. The summed E-state index contributed by atoms with van der Waals surface area (Å²) in [5, 5.41) is 4.57. The van der Waals surface area contributed by atoms with E-state index in [2.05, 4.69) is 15.1 Å². The fourth-order valence-electron chi connectivity index (χ4n) is 3.02. The number of thiophene rings is 1. The minimum atomic E-state index is -0.389. The molecule has 0 amide bonds.